The number of nitrogens with one attached hydrogen (secondary N) is 1. The van der Waals surface area contributed by atoms with Crippen LogP contribution in [0, 0.1) is 5.92 Å². The van der Waals surface area contributed by atoms with E-state index >= 15 is 0 Å². The molecule has 1 aromatic rings. The third kappa shape index (κ3) is 6.66. The maximum absolute atomic E-state index is 12.1. The predicted octanol–water partition coefficient (Wildman–Crippen LogP) is 3.04. The number of guanidine groups is 1. The second-order valence-corrected chi connectivity index (χ2v) is 6.04. The fourth-order valence-electron chi connectivity index (χ4n) is 2.65. The Labute approximate surface area is 139 Å². The van der Waals surface area contributed by atoms with Gasteiger partial charge in [0.1, 0.15) is 5.75 Å². The largest absolute Gasteiger partial charge is 0.573 e. The standard InChI is InChI=1S/C16H23F3N4O/c1-12(11-23-8-2-3-9-23)10-21-15(20)22-13-4-6-14(7-5-13)24-16(17,18)19/h4-7,12H,2-3,8-11H2,1H3,(H3,20,21,22). The van der Waals surface area contributed by atoms with Crippen molar-refractivity contribution in [1.82, 2.24) is 4.90 Å². The van der Waals surface area contributed by atoms with Gasteiger partial charge in [-0.3, -0.25) is 4.99 Å². The van der Waals surface area contributed by atoms with Crippen molar-refractivity contribution in [2.75, 3.05) is 31.5 Å². The topological polar surface area (TPSA) is 62.9 Å². The first kappa shape index (κ1) is 18.4. The van der Waals surface area contributed by atoms with Gasteiger partial charge in [0.25, 0.3) is 0 Å². The van der Waals surface area contributed by atoms with Gasteiger partial charge in [-0.15, -0.1) is 13.2 Å². The average molecular weight is 344 g/mol. The molecule has 5 nitrogen and oxygen atoms in total. The molecule has 24 heavy (non-hydrogen) atoms. The molecule has 0 saturated carbocycles. The molecule has 0 aliphatic carbocycles. The number of halogens is 3. The molecule has 1 atom stereocenters. The van der Waals surface area contributed by atoms with E-state index in [1.807, 2.05) is 0 Å². The molecular weight excluding hydrogens is 321 g/mol. The van der Waals surface area contributed by atoms with Crippen molar-refractivity contribution >= 4 is 11.6 Å². The van der Waals surface area contributed by atoms with Crippen LogP contribution in [0.15, 0.2) is 29.3 Å². The van der Waals surface area contributed by atoms with Gasteiger partial charge in [0.05, 0.1) is 0 Å². The molecule has 1 fully saturated rings. The second kappa shape index (κ2) is 8.23. The third-order valence-electron chi connectivity index (χ3n) is 3.70. The van der Waals surface area contributed by atoms with Gasteiger partial charge in [0.2, 0.25) is 0 Å². The van der Waals surface area contributed by atoms with Crippen LogP contribution in [0.5, 0.6) is 5.75 Å². The van der Waals surface area contributed by atoms with Crippen LogP contribution >= 0.6 is 0 Å². The molecule has 0 spiro atoms. The highest BCUT2D eigenvalue weighted by atomic mass is 19.4. The Balaban J connectivity index is 1.79. The van der Waals surface area contributed by atoms with Crippen LogP contribution in [0.3, 0.4) is 0 Å². The highest BCUT2D eigenvalue weighted by molar-refractivity contribution is 5.92. The SMILES string of the molecule is CC(CN=C(N)Nc1ccc(OC(F)(F)F)cc1)CN1CCCC1. The molecule has 1 aromatic carbocycles. The Morgan fingerprint density at radius 1 is 1.29 bits per heavy atom. The number of rotatable bonds is 6. The van der Waals surface area contributed by atoms with Gasteiger partial charge < -0.3 is 20.7 Å². The summed E-state index contributed by atoms with van der Waals surface area (Å²) in [5.41, 5.74) is 6.37. The van der Waals surface area contributed by atoms with E-state index in [2.05, 4.69) is 26.9 Å². The first-order chi connectivity index (χ1) is 11.3. The molecule has 8 heteroatoms. The second-order valence-electron chi connectivity index (χ2n) is 6.04. The summed E-state index contributed by atoms with van der Waals surface area (Å²) in [7, 11) is 0. The lowest BCUT2D eigenvalue weighted by molar-refractivity contribution is -0.274. The fraction of sp³-hybridized carbons (Fsp3) is 0.562. The first-order valence-electron chi connectivity index (χ1n) is 7.97. The summed E-state index contributed by atoms with van der Waals surface area (Å²) in [6, 6.07) is 5.35. The zero-order valence-corrected chi connectivity index (χ0v) is 13.6. The lowest BCUT2D eigenvalue weighted by Crippen LogP contribution is -2.28. The Hall–Kier alpha value is -1.96. The zero-order chi connectivity index (χ0) is 17.6. The predicted molar refractivity (Wildman–Crippen MR) is 88.1 cm³/mol. The van der Waals surface area contributed by atoms with Gasteiger partial charge in [-0.1, -0.05) is 6.92 Å². The van der Waals surface area contributed by atoms with Crippen molar-refractivity contribution in [2.24, 2.45) is 16.6 Å². The number of aliphatic imine (C=N–C) groups is 1. The van der Waals surface area contributed by atoms with E-state index in [1.165, 1.54) is 37.1 Å². The number of likely N-dealkylation sites (tertiary alicyclic amines) is 1. The van der Waals surface area contributed by atoms with Gasteiger partial charge in [-0.05, 0) is 56.1 Å². The average Bonchev–Trinajstić information content (AvgIpc) is 2.99. The van der Waals surface area contributed by atoms with E-state index < -0.39 is 6.36 Å². The number of hydrogen-bond donors (Lipinski definition) is 2. The number of benzene rings is 1. The van der Waals surface area contributed by atoms with E-state index in [-0.39, 0.29) is 11.7 Å². The van der Waals surface area contributed by atoms with Crippen molar-refractivity contribution in [1.29, 1.82) is 0 Å². The normalized spacial score (nSPS) is 17.8. The monoisotopic (exact) mass is 344 g/mol. The number of nitrogens with zero attached hydrogens (tertiary/aromatic N) is 2. The molecule has 0 radical (unpaired) electrons. The number of hydrogen-bond acceptors (Lipinski definition) is 3. The van der Waals surface area contributed by atoms with Gasteiger partial charge in [0.15, 0.2) is 5.96 Å². The van der Waals surface area contributed by atoms with Crippen LogP contribution in [0.2, 0.25) is 0 Å². The minimum atomic E-state index is -4.69. The van der Waals surface area contributed by atoms with E-state index in [0.29, 0.717) is 18.2 Å². The maximum atomic E-state index is 12.1. The van der Waals surface area contributed by atoms with E-state index in [4.69, 9.17) is 5.73 Å². The Bertz CT molecular complexity index is 539. The summed E-state index contributed by atoms with van der Waals surface area (Å²) in [5, 5.41) is 2.86. The summed E-state index contributed by atoms with van der Waals surface area (Å²) in [6.07, 6.45) is -2.18. The molecule has 1 heterocycles. The van der Waals surface area contributed by atoms with Gasteiger partial charge >= 0.3 is 6.36 Å². The fourth-order valence-corrected chi connectivity index (χ4v) is 2.65. The van der Waals surface area contributed by atoms with Crippen LogP contribution in [0.4, 0.5) is 18.9 Å². The third-order valence-corrected chi connectivity index (χ3v) is 3.70. The summed E-state index contributed by atoms with van der Waals surface area (Å²) >= 11 is 0. The molecule has 0 amide bonds. The van der Waals surface area contributed by atoms with Crippen molar-refractivity contribution in [3.05, 3.63) is 24.3 Å². The van der Waals surface area contributed by atoms with Crippen molar-refractivity contribution < 1.29 is 17.9 Å². The molecule has 134 valence electrons. The van der Waals surface area contributed by atoms with E-state index in [0.717, 1.165) is 19.6 Å². The van der Waals surface area contributed by atoms with Crippen LogP contribution < -0.4 is 15.8 Å². The van der Waals surface area contributed by atoms with Gasteiger partial charge in [-0.2, -0.15) is 0 Å². The number of nitrogens with two attached hydrogens (primary N) is 1. The Morgan fingerprint density at radius 2 is 1.92 bits per heavy atom. The number of ether oxygens (including phenoxy) is 1. The minimum Gasteiger partial charge on any atom is -0.406 e. The summed E-state index contributed by atoms with van der Waals surface area (Å²) in [6.45, 7) is 6.02. The highest BCUT2D eigenvalue weighted by Gasteiger charge is 2.30. The van der Waals surface area contributed by atoms with E-state index in [9.17, 15) is 13.2 Å². The Morgan fingerprint density at radius 3 is 2.50 bits per heavy atom. The van der Waals surface area contributed by atoms with Gasteiger partial charge in [-0.25, -0.2) is 0 Å². The molecule has 2 rings (SSSR count). The van der Waals surface area contributed by atoms with Gasteiger partial charge in [0, 0.05) is 18.8 Å². The van der Waals surface area contributed by atoms with Crippen molar-refractivity contribution in [2.45, 2.75) is 26.1 Å². The van der Waals surface area contributed by atoms with Crippen LogP contribution in [0.1, 0.15) is 19.8 Å². The number of alkyl halides is 3. The summed E-state index contributed by atoms with van der Waals surface area (Å²) in [5.74, 6) is 0.363. The van der Waals surface area contributed by atoms with Crippen LogP contribution in [-0.4, -0.2) is 43.4 Å². The lowest BCUT2D eigenvalue weighted by atomic mass is 10.2. The molecule has 1 aliphatic heterocycles. The van der Waals surface area contributed by atoms with Crippen molar-refractivity contribution in [3.8, 4) is 5.75 Å². The molecule has 1 saturated heterocycles. The smallest absolute Gasteiger partial charge is 0.406 e. The van der Waals surface area contributed by atoms with Crippen LogP contribution in [0.25, 0.3) is 0 Å². The molecule has 0 aromatic heterocycles. The van der Waals surface area contributed by atoms with Crippen LogP contribution in [-0.2, 0) is 0 Å². The zero-order valence-electron chi connectivity index (χ0n) is 13.6. The summed E-state index contributed by atoms with van der Waals surface area (Å²) in [4.78, 5) is 6.71. The highest BCUT2D eigenvalue weighted by Crippen LogP contribution is 2.23. The van der Waals surface area contributed by atoms with Crippen molar-refractivity contribution in [3.63, 3.8) is 0 Å². The summed E-state index contributed by atoms with van der Waals surface area (Å²) < 4.78 is 40.1. The lowest BCUT2D eigenvalue weighted by Gasteiger charge is -2.18. The molecule has 0 bridgehead atoms. The first-order valence-corrected chi connectivity index (χ1v) is 7.97. The maximum Gasteiger partial charge on any atom is 0.573 e. The quantitative estimate of drug-likeness (QED) is 0.615. The molecular formula is C16H23F3N4O. The molecule has 1 unspecified atom stereocenters. The Kier molecular flexibility index (Phi) is 6.30. The minimum absolute atomic E-state index is 0.243. The number of anilines is 1. The molecule has 1 aliphatic rings. The van der Waals surface area contributed by atoms with E-state index in [1.54, 1.807) is 0 Å². The molecule has 3 N–H and O–H groups in total.